The molecule has 0 spiro atoms. The molecule has 0 aliphatic carbocycles. The number of alkyl halides is 6. The molecule has 0 bridgehead atoms. The van der Waals surface area contributed by atoms with Gasteiger partial charge in [-0.2, -0.15) is 26.3 Å². The predicted molar refractivity (Wildman–Crippen MR) is 58.2 cm³/mol. The normalized spacial score (nSPS) is 15.4. The second kappa shape index (κ2) is 5.10. The van der Waals surface area contributed by atoms with Crippen LogP contribution in [-0.2, 0) is 10.7 Å². The smallest absolute Gasteiger partial charge is 0.455 e. The van der Waals surface area contributed by atoms with Gasteiger partial charge in [-0.1, -0.05) is 6.07 Å². The van der Waals surface area contributed by atoms with Crippen LogP contribution in [-0.4, -0.2) is 30.2 Å². The van der Waals surface area contributed by atoms with E-state index >= 15 is 0 Å². The number of anilines is 1. The summed E-state index contributed by atoms with van der Waals surface area (Å²) in [7, 11) is 0.883. The fraction of sp³-hybridized carbons (Fsp3) is 0.364. The first-order chi connectivity index (χ1) is 9.36. The van der Waals surface area contributed by atoms with Crippen molar-refractivity contribution in [3.63, 3.8) is 0 Å². The molecule has 0 fully saturated rings. The monoisotopic (exact) mass is 317 g/mol. The SMILES string of the molecule is COC(=O)c1cc(C(F)(F)C(O)(F)C(F)(F)F)ccc1N. The molecule has 118 valence electrons. The Kier molecular flexibility index (Phi) is 4.15. The average molecular weight is 317 g/mol. The zero-order valence-corrected chi connectivity index (χ0v) is 10.3. The molecule has 21 heavy (non-hydrogen) atoms. The van der Waals surface area contributed by atoms with E-state index in [4.69, 9.17) is 10.8 Å². The third-order valence-corrected chi connectivity index (χ3v) is 2.61. The van der Waals surface area contributed by atoms with Crippen molar-refractivity contribution in [2.24, 2.45) is 0 Å². The van der Waals surface area contributed by atoms with Crippen LogP contribution in [0.25, 0.3) is 0 Å². The van der Waals surface area contributed by atoms with Gasteiger partial charge in [0.05, 0.1) is 12.7 Å². The van der Waals surface area contributed by atoms with Crippen molar-refractivity contribution in [1.82, 2.24) is 0 Å². The standard InChI is InChI=1S/C11H9F6NO3/c1-21-8(19)6-4-5(2-3-7(6)18)9(12,13)10(14,20)11(15,16)17/h2-4,20H,18H2,1H3. The number of esters is 1. The van der Waals surface area contributed by atoms with E-state index in [1.807, 2.05) is 0 Å². The Morgan fingerprint density at radius 2 is 1.71 bits per heavy atom. The summed E-state index contributed by atoms with van der Waals surface area (Å²) in [5.74, 6) is -12.4. The summed E-state index contributed by atoms with van der Waals surface area (Å²) in [5.41, 5.74) is 2.64. The van der Waals surface area contributed by atoms with E-state index in [-0.39, 0.29) is 11.8 Å². The predicted octanol–water partition coefficient (Wildman–Crippen LogP) is 2.37. The van der Waals surface area contributed by atoms with Crippen LogP contribution in [0.15, 0.2) is 18.2 Å². The van der Waals surface area contributed by atoms with E-state index in [1.165, 1.54) is 0 Å². The van der Waals surface area contributed by atoms with Crippen LogP contribution < -0.4 is 5.73 Å². The van der Waals surface area contributed by atoms with Gasteiger partial charge in [-0.3, -0.25) is 0 Å². The fourth-order valence-corrected chi connectivity index (χ4v) is 1.41. The molecule has 4 nitrogen and oxygen atoms in total. The summed E-state index contributed by atoms with van der Waals surface area (Å²) >= 11 is 0. The Hall–Kier alpha value is -1.97. The lowest BCUT2D eigenvalue weighted by Gasteiger charge is -2.30. The molecule has 0 amide bonds. The first kappa shape index (κ1) is 17.1. The number of benzene rings is 1. The van der Waals surface area contributed by atoms with Crippen molar-refractivity contribution < 1.29 is 41.0 Å². The molecule has 1 atom stereocenters. The molecule has 1 unspecified atom stereocenters. The molecule has 0 heterocycles. The first-order valence-electron chi connectivity index (χ1n) is 5.20. The number of hydrogen-bond acceptors (Lipinski definition) is 4. The number of methoxy groups -OCH3 is 1. The van der Waals surface area contributed by atoms with Crippen molar-refractivity contribution in [2.75, 3.05) is 12.8 Å². The van der Waals surface area contributed by atoms with Crippen LogP contribution in [0, 0.1) is 0 Å². The van der Waals surface area contributed by atoms with Gasteiger partial charge in [-0.15, -0.1) is 0 Å². The number of carbonyl (C=O) groups is 1. The highest BCUT2D eigenvalue weighted by Crippen LogP contribution is 2.49. The molecule has 3 N–H and O–H groups in total. The summed E-state index contributed by atoms with van der Waals surface area (Å²) in [6, 6.07) is 1.25. The second-order valence-corrected chi connectivity index (χ2v) is 3.99. The molecule has 0 saturated heterocycles. The molecule has 10 heteroatoms. The van der Waals surface area contributed by atoms with Gasteiger partial charge in [0.25, 0.3) is 0 Å². The Morgan fingerprint density at radius 1 is 1.19 bits per heavy atom. The molecular weight excluding hydrogens is 308 g/mol. The number of nitrogens with two attached hydrogens (primary N) is 1. The van der Waals surface area contributed by atoms with Crippen molar-refractivity contribution in [3.05, 3.63) is 29.3 Å². The largest absolute Gasteiger partial charge is 0.465 e. The Bertz CT molecular complexity index is 555. The highest BCUT2D eigenvalue weighted by molar-refractivity contribution is 5.95. The van der Waals surface area contributed by atoms with Crippen molar-refractivity contribution in [1.29, 1.82) is 0 Å². The summed E-state index contributed by atoms with van der Waals surface area (Å²) in [6.45, 7) is 0. The number of aliphatic hydroxyl groups is 1. The fourth-order valence-electron chi connectivity index (χ4n) is 1.41. The van der Waals surface area contributed by atoms with E-state index in [0.717, 1.165) is 7.11 Å². The zero-order valence-electron chi connectivity index (χ0n) is 10.3. The van der Waals surface area contributed by atoms with E-state index in [1.54, 1.807) is 0 Å². The molecule has 0 radical (unpaired) electrons. The van der Waals surface area contributed by atoms with Gasteiger partial charge in [0, 0.05) is 11.3 Å². The lowest BCUT2D eigenvalue weighted by Crippen LogP contribution is -2.53. The summed E-state index contributed by atoms with van der Waals surface area (Å²) in [4.78, 5) is 11.2. The van der Waals surface area contributed by atoms with E-state index < -0.39 is 35.0 Å². The molecule has 1 aromatic rings. The number of halogens is 6. The first-order valence-corrected chi connectivity index (χ1v) is 5.20. The van der Waals surface area contributed by atoms with Crippen LogP contribution in [0.3, 0.4) is 0 Å². The van der Waals surface area contributed by atoms with Gasteiger partial charge in [0.2, 0.25) is 0 Å². The summed E-state index contributed by atoms with van der Waals surface area (Å²) in [5, 5.41) is 8.50. The van der Waals surface area contributed by atoms with E-state index in [2.05, 4.69) is 4.74 Å². The molecule has 1 aromatic carbocycles. The topological polar surface area (TPSA) is 72.5 Å². The van der Waals surface area contributed by atoms with E-state index in [0.29, 0.717) is 12.1 Å². The van der Waals surface area contributed by atoms with Crippen LogP contribution in [0.4, 0.5) is 32.0 Å². The Balaban J connectivity index is 3.43. The van der Waals surface area contributed by atoms with Crippen LogP contribution in [0.1, 0.15) is 15.9 Å². The maximum atomic E-state index is 13.6. The van der Waals surface area contributed by atoms with E-state index in [9.17, 15) is 31.1 Å². The van der Waals surface area contributed by atoms with Crippen molar-refractivity contribution in [3.8, 4) is 0 Å². The highest BCUT2D eigenvalue weighted by atomic mass is 19.4. The third kappa shape index (κ3) is 2.75. The Morgan fingerprint density at radius 3 is 2.14 bits per heavy atom. The van der Waals surface area contributed by atoms with Gasteiger partial charge in [0.1, 0.15) is 0 Å². The molecule has 0 aliphatic rings. The molecule has 1 rings (SSSR count). The molecular formula is C11H9F6NO3. The van der Waals surface area contributed by atoms with Gasteiger partial charge in [0.15, 0.2) is 0 Å². The number of rotatable bonds is 3. The van der Waals surface area contributed by atoms with Gasteiger partial charge < -0.3 is 15.6 Å². The maximum Gasteiger partial charge on any atom is 0.455 e. The van der Waals surface area contributed by atoms with Gasteiger partial charge >= 0.3 is 23.9 Å². The lowest BCUT2D eigenvalue weighted by molar-refractivity contribution is -0.390. The third-order valence-electron chi connectivity index (χ3n) is 2.61. The highest BCUT2D eigenvalue weighted by Gasteiger charge is 2.71. The minimum atomic E-state index is -6.25. The number of carbonyl (C=O) groups excluding carboxylic acids is 1. The molecule has 0 aliphatic heterocycles. The second-order valence-electron chi connectivity index (χ2n) is 3.99. The number of hydrogen-bond donors (Lipinski definition) is 2. The molecule has 0 saturated carbocycles. The van der Waals surface area contributed by atoms with Crippen molar-refractivity contribution >= 4 is 11.7 Å². The van der Waals surface area contributed by atoms with Gasteiger partial charge in [-0.05, 0) is 12.1 Å². The van der Waals surface area contributed by atoms with Crippen molar-refractivity contribution in [2.45, 2.75) is 18.0 Å². The van der Waals surface area contributed by atoms with Gasteiger partial charge in [-0.25, -0.2) is 4.79 Å². The van der Waals surface area contributed by atoms with Crippen LogP contribution in [0.5, 0.6) is 0 Å². The molecule has 0 aromatic heterocycles. The zero-order chi connectivity index (χ0) is 16.6. The average Bonchev–Trinajstić information content (AvgIpc) is 2.36. The maximum absolute atomic E-state index is 13.6. The summed E-state index contributed by atoms with van der Waals surface area (Å²) in [6.07, 6.45) is -6.25. The van der Waals surface area contributed by atoms with Crippen LogP contribution in [0.2, 0.25) is 0 Å². The number of nitrogen functional groups attached to an aromatic ring is 1. The minimum Gasteiger partial charge on any atom is -0.465 e. The van der Waals surface area contributed by atoms with Crippen LogP contribution >= 0.6 is 0 Å². The number of ether oxygens (including phenoxy) is 1. The minimum absolute atomic E-state index is 0.220. The quantitative estimate of drug-likeness (QED) is 0.510. The summed E-state index contributed by atoms with van der Waals surface area (Å²) < 4.78 is 81.0. The Labute approximate surface area is 114 Å². The lowest BCUT2D eigenvalue weighted by atomic mass is 9.98.